The van der Waals surface area contributed by atoms with E-state index in [9.17, 15) is 9.59 Å². The number of hydrogen-bond acceptors (Lipinski definition) is 3. The van der Waals surface area contributed by atoms with Crippen LogP contribution in [0.25, 0.3) is 10.8 Å². The Bertz CT molecular complexity index is 1100. The summed E-state index contributed by atoms with van der Waals surface area (Å²) in [6, 6.07) is 18.5. The van der Waals surface area contributed by atoms with Crippen LogP contribution in [0.4, 0.5) is 11.4 Å². The number of aryl methyl sites for hydroxylation is 1. The zero-order valence-corrected chi connectivity index (χ0v) is 17.0. The third-order valence-electron chi connectivity index (χ3n) is 5.37. The Labute approximate surface area is 170 Å². The molecule has 0 saturated carbocycles. The first-order chi connectivity index (χ1) is 13.9. The number of fused-ring (bicyclic) bond motifs is 2. The van der Waals surface area contributed by atoms with E-state index in [1.807, 2.05) is 50.2 Å². The molecule has 1 atom stereocenters. The monoisotopic (exact) mass is 387 g/mol. The molecular formula is C24H25N3O2. The summed E-state index contributed by atoms with van der Waals surface area (Å²) in [6.45, 7) is 2.30. The second kappa shape index (κ2) is 7.68. The van der Waals surface area contributed by atoms with Crippen molar-refractivity contribution in [3.63, 3.8) is 0 Å². The first-order valence-corrected chi connectivity index (χ1v) is 9.79. The topological polar surface area (TPSA) is 61.4 Å². The number of rotatable bonds is 4. The maximum Gasteiger partial charge on any atom is 0.238 e. The molecule has 1 unspecified atom stereocenters. The van der Waals surface area contributed by atoms with Crippen molar-refractivity contribution < 1.29 is 9.59 Å². The van der Waals surface area contributed by atoms with Gasteiger partial charge in [0.25, 0.3) is 0 Å². The van der Waals surface area contributed by atoms with E-state index >= 15 is 0 Å². The molecule has 2 amide bonds. The fraction of sp³-hybridized carbons (Fsp3) is 0.250. The molecule has 5 heteroatoms. The normalized spacial score (nSPS) is 15.9. The Morgan fingerprint density at radius 1 is 1.10 bits per heavy atom. The minimum atomic E-state index is -0.0780. The minimum Gasteiger partial charge on any atom is -0.326 e. The van der Waals surface area contributed by atoms with Crippen LogP contribution < -0.4 is 10.6 Å². The fourth-order valence-electron chi connectivity index (χ4n) is 4.07. The van der Waals surface area contributed by atoms with E-state index in [1.165, 1.54) is 10.8 Å². The Kier molecular flexibility index (Phi) is 5.07. The molecule has 0 bridgehead atoms. The number of anilines is 2. The molecule has 0 radical (unpaired) electrons. The molecule has 29 heavy (non-hydrogen) atoms. The lowest BCUT2D eigenvalue weighted by Crippen LogP contribution is -2.28. The van der Waals surface area contributed by atoms with Gasteiger partial charge in [0.1, 0.15) is 0 Å². The van der Waals surface area contributed by atoms with Crippen molar-refractivity contribution in [3.8, 4) is 0 Å². The summed E-state index contributed by atoms with van der Waals surface area (Å²) < 4.78 is 0. The molecule has 0 aliphatic carbocycles. The third-order valence-corrected chi connectivity index (χ3v) is 5.37. The van der Waals surface area contributed by atoms with E-state index in [0.29, 0.717) is 13.0 Å². The molecule has 0 spiro atoms. The first-order valence-electron chi connectivity index (χ1n) is 9.79. The molecule has 1 aliphatic rings. The summed E-state index contributed by atoms with van der Waals surface area (Å²) in [5.41, 5.74) is 4.73. The van der Waals surface area contributed by atoms with Crippen LogP contribution in [0.2, 0.25) is 0 Å². The molecule has 1 heterocycles. The number of likely N-dealkylation sites (N-methyl/N-ethyl adjacent to an activating group) is 1. The van der Waals surface area contributed by atoms with Gasteiger partial charge in [0.15, 0.2) is 0 Å². The highest BCUT2D eigenvalue weighted by molar-refractivity contribution is 5.99. The number of nitrogens with one attached hydrogen (secondary N) is 2. The Hall–Kier alpha value is -3.18. The van der Waals surface area contributed by atoms with Gasteiger partial charge in [0.2, 0.25) is 11.8 Å². The van der Waals surface area contributed by atoms with Gasteiger partial charge in [-0.2, -0.15) is 0 Å². The molecule has 2 N–H and O–H groups in total. The van der Waals surface area contributed by atoms with Crippen LogP contribution in [0, 0.1) is 6.92 Å². The van der Waals surface area contributed by atoms with Crippen LogP contribution in [-0.2, 0) is 9.59 Å². The van der Waals surface area contributed by atoms with Crippen LogP contribution in [0.5, 0.6) is 0 Å². The van der Waals surface area contributed by atoms with Gasteiger partial charge in [-0.15, -0.1) is 0 Å². The number of carbonyl (C=O) groups is 2. The zero-order valence-electron chi connectivity index (χ0n) is 17.0. The van der Waals surface area contributed by atoms with Gasteiger partial charge in [-0.1, -0.05) is 48.5 Å². The van der Waals surface area contributed by atoms with Crippen LogP contribution in [-0.4, -0.2) is 37.4 Å². The number of carbonyl (C=O) groups excluding carboxylic acids is 2. The van der Waals surface area contributed by atoms with Crippen molar-refractivity contribution in [1.29, 1.82) is 0 Å². The highest BCUT2D eigenvalue weighted by atomic mass is 16.2. The van der Waals surface area contributed by atoms with Gasteiger partial charge in [-0.25, -0.2) is 0 Å². The summed E-state index contributed by atoms with van der Waals surface area (Å²) in [4.78, 5) is 26.5. The van der Waals surface area contributed by atoms with E-state index in [2.05, 4.69) is 41.0 Å². The number of hydrogen-bond donors (Lipinski definition) is 2. The molecule has 1 aliphatic heterocycles. The lowest BCUT2D eigenvalue weighted by molar-refractivity contribution is -0.117. The van der Waals surface area contributed by atoms with Crippen molar-refractivity contribution >= 4 is 34.0 Å². The SMILES string of the molecule is Cc1cc2c(cc1NC(=O)CN(C)C)NC(=O)CC2c1cccc2ccccc12. The Morgan fingerprint density at radius 3 is 2.66 bits per heavy atom. The van der Waals surface area contributed by atoms with Gasteiger partial charge < -0.3 is 15.5 Å². The Morgan fingerprint density at radius 2 is 1.86 bits per heavy atom. The van der Waals surface area contributed by atoms with Crippen molar-refractivity contribution in [3.05, 3.63) is 71.3 Å². The van der Waals surface area contributed by atoms with E-state index in [4.69, 9.17) is 0 Å². The van der Waals surface area contributed by atoms with E-state index in [0.717, 1.165) is 28.1 Å². The number of nitrogens with zero attached hydrogens (tertiary/aromatic N) is 1. The van der Waals surface area contributed by atoms with Gasteiger partial charge >= 0.3 is 0 Å². The highest BCUT2D eigenvalue weighted by Gasteiger charge is 2.28. The molecule has 148 valence electrons. The summed E-state index contributed by atoms with van der Waals surface area (Å²) in [5.74, 6) is -0.106. The molecule has 0 fully saturated rings. The maximum atomic E-state index is 12.5. The largest absolute Gasteiger partial charge is 0.326 e. The molecule has 3 aromatic rings. The number of benzene rings is 3. The predicted molar refractivity (Wildman–Crippen MR) is 117 cm³/mol. The van der Waals surface area contributed by atoms with Crippen LogP contribution >= 0.6 is 0 Å². The van der Waals surface area contributed by atoms with Crippen molar-refractivity contribution in [1.82, 2.24) is 4.90 Å². The van der Waals surface area contributed by atoms with Gasteiger partial charge in [-0.3, -0.25) is 9.59 Å². The summed E-state index contributed by atoms with van der Waals surface area (Å²) in [5, 5.41) is 8.28. The minimum absolute atomic E-state index is 0.00939. The maximum absolute atomic E-state index is 12.5. The van der Waals surface area contributed by atoms with Crippen molar-refractivity contribution in [2.45, 2.75) is 19.3 Å². The van der Waals surface area contributed by atoms with Crippen LogP contribution in [0.1, 0.15) is 29.0 Å². The highest BCUT2D eigenvalue weighted by Crippen LogP contribution is 2.41. The molecule has 4 rings (SSSR count). The van der Waals surface area contributed by atoms with Gasteiger partial charge in [-0.05, 0) is 54.5 Å². The van der Waals surface area contributed by atoms with Gasteiger partial charge in [0, 0.05) is 23.7 Å². The summed E-state index contributed by atoms with van der Waals surface area (Å²) in [7, 11) is 3.71. The summed E-state index contributed by atoms with van der Waals surface area (Å²) in [6.07, 6.45) is 0.410. The first kappa shape index (κ1) is 19.2. The van der Waals surface area contributed by atoms with Crippen LogP contribution in [0.3, 0.4) is 0 Å². The second-order valence-electron chi connectivity index (χ2n) is 7.91. The van der Waals surface area contributed by atoms with E-state index < -0.39 is 0 Å². The number of amides is 2. The van der Waals surface area contributed by atoms with Crippen LogP contribution in [0.15, 0.2) is 54.6 Å². The predicted octanol–water partition coefficient (Wildman–Crippen LogP) is 4.12. The summed E-state index contributed by atoms with van der Waals surface area (Å²) >= 11 is 0. The van der Waals surface area contributed by atoms with Gasteiger partial charge in [0.05, 0.1) is 6.54 Å². The average molecular weight is 387 g/mol. The van der Waals surface area contributed by atoms with E-state index in [-0.39, 0.29) is 17.7 Å². The fourth-order valence-corrected chi connectivity index (χ4v) is 4.07. The Balaban J connectivity index is 1.76. The van der Waals surface area contributed by atoms with Crippen molar-refractivity contribution in [2.24, 2.45) is 0 Å². The zero-order chi connectivity index (χ0) is 20.5. The van der Waals surface area contributed by atoms with Crippen molar-refractivity contribution in [2.75, 3.05) is 31.3 Å². The molecule has 0 saturated heterocycles. The quantitative estimate of drug-likeness (QED) is 0.708. The molecular weight excluding hydrogens is 362 g/mol. The smallest absolute Gasteiger partial charge is 0.238 e. The lowest BCUT2D eigenvalue weighted by atomic mass is 9.82. The third kappa shape index (κ3) is 3.87. The standard InChI is InChI=1S/C24H25N3O2/c1-15-11-20-19(18-10-6-8-16-7-4-5-9-17(16)18)12-23(28)26-22(20)13-21(15)25-24(29)14-27(2)3/h4-11,13,19H,12,14H2,1-3H3,(H,25,29)(H,26,28). The van der Waals surface area contributed by atoms with E-state index in [1.54, 1.807) is 0 Å². The average Bonchev–Trinajstić information content (AvgIpc) is 2.67. The molecule has 5 nitrogen and oxygen atoms in total. The lowest BCUT2D eigenvalue weighted by Gasteiger charge is -2.28. The second-order valence-corrected chi connectivity index (χ2v) is 7.91. The molecule has 0 aromatic heterocycles. The molecule has 3 aromatic carbocycles.